The molecule has 0 spiro atoms. The molecule has 0 aliphatic heterocycles. The summed E-state index contributed by atoms with van der Waals surface area (Å²) in [7, 11) is -0.0223. The van der Waals surface area contributed by atoms with Gasteiger partial charge < -0.3 is 5.32 Å². The van der Waals surface area contributed by atoms with E-state index < -0.39 is 47.1 Å². The lowest BCUT2D eigenvalue weighted by atomic mass is 10.2. The number of hydrogen-bond acceptors (Lipinski definition) is 4. The number of hydrogen-bond donors (Lipinski definition) is 1. The van der Waals surface area contributed by atoms with E-state index >= 15 is 0 Å². The summed E-state index contributed by atoms with van der Waals surface area (Å²) in [5, 5.41) is 2.00. The molecule has 0 aromatic heterocycles. The average Bonchev–Trinajstić information content (AvgIpc) is 2.32. The molecule has 118 valence electrons. The summed E-state index contributed by atoms with van der Waals surface area (Å²) in [6.07, 6.45) is 1.98. The van der Waals surface area contributed by atoms with E-state index in [1.807, 2.05) is 0 Å². The summed E-state index contributed by atoms with van der Waals surface area (Å²) < 4.78 is 47.1. The van der Waals surface area contributed by atoms with Crippen molar-refractivity contribution < 1.29 is 21.8 Å². The molecule has 0 bridgehead atoms. The van der Waals surface area contributed by atoms with Gasteiger partial charge in [0.25, 0.3) is 15.0 Å². The molecule has 0 saturated carbocycles. The van der Waals surface area contributed by atoms with Crippen LogP contribution in [0.15, 0.2) is 17.0 Å². The highest BCUT2D eigenvalue weighted by Crippen LogP contribution is 2.27. The van der Waals surface area contributed by atoms with E-state index in [4.69, 9.17) is 22.3 Å². The molecule has 1 amide bonds. The van der Waals surface area contributed by atoms with Crippen LogP contribution < -0.4 is 5.32 Å². The predicted octanol–water partition coefficient (Wildman–Crippen LogP) is 1.91. The summed E-state index contributed by atoms with van der Waals surface area (Å²) in [6, 6.07) is 1.50. The number of nitrogens with one attached hydrogen (secondary N) is 1. The molecule has 5 nitrogen and oxygen atoms in total. The van der Waals surface area contributed by atoms with Crippen LogP contribution in [0.4, 0.5) is 4.39 Å². The Hall–Kier alpha value is -0.700. The zero-order valence-corrected chi connectivity index (χ0v) is 14.0. The first-order chi connectivity index (χ1) is 9.62. The maximum Gasteiger partial charge on any atom is 0.262 e. The third-order valence-electron chi connectivity index (χ3n) is 2.42. The predicted molar refractivity (Wildman–Crippen MR) is 80.3 cm³/mol. The van der Waals surface area contributed by atoms with Crippen LogP contribution in [0.5, 0.6) is 0 Å². The van der Waals surface area contributed by atoms with Gasteiger partial charge in [0.2, 0.25) is 0 Å². The molecule has 0 radical (unpaired) electrons. The third-order valence-corrected chi connectivity index (χ3v) is 5.07. The van der Waals surface area contributed by atoms with Crippen molar-refractivity contribution in [3.63, 3.8) is 0 Å². The van der Waals surface area contributed by atoms with Crippen LogP contribution in [0, 0.1) is 5.82 Å². The van der Waals surface area contributed by atoms with Crippen molar-refractivity contribution >= 4 is 48.0 Å². The molecule has 21 heavy (non-hydrogen) atoms. The van der Waals surface area contributed by atoms with Crippen molar-refractivity contribution in [3.05, 3.63) is 28.5 Å². The van der Waals surface area contributed by atoms with E-state index in [1.54, 1.807) is 0 Å². The van der Waals surface area contributed by atoms with Crippen molar-refractivity contribution in [2.24, 2.45) is 0 Å². The van der Waals surface area contributed by atoms with Crippen molar-refractivity contribution in [1.82, 2.24) is 5.32 Å². The minimum absolute atomic E-state index is 0.184. The highest BCUT2D eigenvalue weighted by Gasteiger charge is 2.21. The molecule has 1 aromatic carbocycles. The average molecular weight is 376 g/mol. The van der Waals surface area contributed by atoms with E-state index in [0.29, 0.717) is 18.2 Å². The molecule has 10 heteroatoms. The minimum Gasteiger partial charge on any atom is -0.352 e. The summed E-state index contributed by atoms with van der Waals surface area (Å²) in [5.41, 5.74) is -0.476. The molecule has 1 unspecified atom stereocenters. The Labute approximate surface area is 133 Å². The fourth-order valence-corrected chi connectivity index (χ4v) is 3.52. The fraction of sp³-hybridized carbons (Fsp3) is 0.364. The topological polar surface area (TPSA) is 80.3 Å². The first kappa shape index (κ1) is 18.3. The second-order valence-electron chi connectivity index (χ2n) is 4.09. The minimum atomic E-state index is -4.19. The second-order valence-corrected chi connectivity index (χ2v) is 8.58. The first-order valence-electron chi connectivity index (χ1n) is 5.65. The highest BCUT2D eigenvalue weighted by atomic mass is 35.7. The van der Waals surface area contributed by atoms with Gasteiger partial charge in [-0.15, -0.1) is 0 Å². The SMILES string of the molecule is CS(=O)CCCNC(=O)c1cc(S(=O)(=O)Cl)c(Cl)cc1F. The van der Waals surface area contributed by atoms with Crippen molar-refractivity contribution in [2.45, 2.75) is 11.3 Å². The van der Waals surface area contributed by atoms with Gasteiger partial charge in [0.15, 0.2) is 0 Å². The first-order valence-corrected chi connectivity index (χ1v) is 10.1. The van der Waals surface area contributed by atoms with Gasteiger partial charge in [0, 0.05) is 40.0 Å². The fourth-order valence-electron chi connectivity index (χ4n) is 1.46. The van der Waals surface area contributed by atoms with Crippen LogP contribution in [0.25, 0.3) is 0 Å². The van der Waals surface area contributed by atoms with Gasteiger partial charge in [-0.2, -0.15) is 0 Å². The molecule has 0 saturated heterocycles. The number of amides is 1. The molecular weight excluding hydrogens is 364 g/mol. The van der Waals surface area contributed by atoms with Gasteiger partial charge in [0.05, 0.1) is 10.6 Å². The van der Waals surface area contributed by atoms with Crippen LogP contribution >= 0.6 is 22.3 Å². The molecule has 0 aliphatic carbocycles. The molecule has 0 aliphatic rings. The van der Waals surface area contributed by atoms with Crippen LogP contribution in [0.2, 0.25) is 5.02 Å². The number of rotatable bonds is 6. The van der Waals surface area contributed by atoms with E-state index in [2.05, 4.69) is 5.32 Å². The second kappa shape index (κ2) is 7.53. The molecule has 0 fully saturated rings. The summed E-state index contributed by atoms with van der Waals surface area (Å²) in [6.45, 7) is 0.184. The van der Waals surface area contributed by atoms with Gasteiger partial charge in [0.1, 0.15) is 10.7 Å². The standard InChI is InChI=1S/C11H12Cl2FNO4S2/c1-20(17)4-2-3-15-11(16)7-5-10(21(13,18)19)8(12)6-9(7)14/h5-6H,2-4H2,1H3,(H,15,16). The Morgan fingerprint density at radius 3 is 2.57 bits per heavy atom. The highest BCUT2D eigenvalue weighted by molar-refractivity contribution is 8.13. The Morgan fingerprint density at radius 1 is 1.43 bits per heavy atom. The Morgan fingerprint density at radius 2 is 2.05 bits per heavy atom. The van der Waals surface area contributed by atoms with Gasteiger partial charge in [-0.3, -0.25) is 9.00 Å². The zero-order valence-electron chi connectivity index (χ0n) is 10.9. The Balaban J connectivity index is 2.92. The Bertz CT molecular complexity index is 679. The molecule has 1 atom stereocenters. The lowest BCUT2D eigenvalue weighted by molar-refractivity contribution is 0.0949. The third kappa shape index (κ3) is 5.54. The zero-order chi connectivity index (χ0) is 16.2. The van der Waals surface area contributed by atoms with Crippen molar-refractivity contribution in [1.29, 1.82) is 0 Å². The molecular formula is C11H12Cl2FNO4S2. The monoisotopic (exact) mass is 375 g/mol. The summed E-state index contributed by atoms with van der Waals surface area (Å²) >= 11 is 5.58. The molecule has 1 aromatic rings. The van der Waals surface area contributed by atoms with E-state index in [9.17, 15) is 21.8 Å². The number of halogens is 3. The van der Waals surface area contributed by atoms with Crippen LogP contribution in [0.3, 0.4) is 0 Å². The quantitative estimate of drug-likeness (QED) is 0.608. The van der Waals surface area contributed by atoms with E-state index in [-0.39, 0.29) is 6.54 Å². The van der Waals surface area contributed by atoms with Crippen LogP contribution in [0.1, 0.15) is 16.8 Å². The maximum atomic E-state index is 13.7. The lowest BCUT2D eigenvalue weighted by Crippen LogP contribution is -2.26. The smallest absolute Gasteiger partial charge is 0.262 e. The largest absolute Gasteiger partial charge is 0.352 e. The summed E-state index contributed by atoms with van der Waals surface area (Å²) in [5.74, 6) is -1.36. The van der Waals surface area contributed by atoms with Crippen molar-refractivity contribution in [2.75, 3.05) is 18.6 Å². The van der Waals surface area contributed by atoms with Crippen molar-refractivity contribution in [3.8, 4) is 0 Å². The van der Waals surface area contributed by atoms with Crippen LogP contribution in [-0.2, 0) is 19.9 Å². The lowest BCUT2D eigenvalue weighted by Gasteiger charge is -2.08. The summed E-state index contributed by atoms with van der Waals surface area (Å²) in [4.78, 5) is 11.3. The normalized spacial score (nSPS) is 13.0. The Kier molecular flexibility index (Phi) is 6.58. The molecule has 0 heterocycles. The van der Waals surface area contributed by atoms with Gasteiger partial charge in [-0.05, 0) is 18.6 Å². The molecule has 1 rings (SSSR count). The number of benzene rings is 1. The maximum absolute atomic E-state index is 13.7. The van der Waals surface area contributed by atoms with Crippen LogP contribution in [-0.4, -0.2) is 37.1 Å². The van der Waals surface area contributed by atoms with Gasteiger partial charge in [-0.25, -0.2) is 12.8 Å². The molecule has 1 N–H and O–H groups in total. The van der Waals surface area contributed by atoms with E-state index in [1.165, 1.54) is 6.26 Å². The van der Waals surface area contributed by atoms with E-state index in [0.717, 1.165) is 6.07 Å². The number of carbonyl (C=O) groups excluding carboxylic acids is 1. The van der Waals surface area contributed by atoms with Gasteiger partial charge >= 0.3 is 0 Å². The number of carbonyl (C=O) groups is 1. The van der Waals surface area contributed by atoms with Gasteiger partial charge in [-0.1, -0.05) is 11.6 Å².